The van der Waals surface area contributed by atoms with Crippen molar-refractivity contribution in [3.05, 3.63) is 7.11 Å². The number of ether oxygens (including phenoxy) is 1. The highest BCUT2D eigenvalue weighted by atomic mass is 16.5. The molecule has 12 heavy (non-hydrogen) atoms. The van der Waals surface area contributed by atoms with Gasteiger partial charge in [-0.25, -0.2) is 4.79 Å². The first kappa shape index (κ1) is 9.36. The molecule has 0 aromatic heterocycles. The Kier molecular flexibility index (Phi) is 2.95. The van der Waals surface area contributed by atoms with Gasteiger partial charge in [0.15, 0.2) is 0 Å². The van der Waals surface area contributed by atoms with Gasteiger partial charge in [-0.1, -0.05) is 19.3 Å². The first-order valence-electron chi connectivity index (χ1n) is 4.40. The van der Waals surface area contributed by atoms with Crippen LogP contribution in [0.1, 0.15) is 39.0 Å². The summed E-state index contributed by atoms with van der Waals surface area (Å²) in [5, 5.41) is 2.82. The van der Waals surface area contributed by atoms with Gasteiger partial charge in [-0.3, -0.25) is 0 Å². The van der Waals surface area contributed by atoms with Crippen LogP contribution in [-0.2, 0) is 4.74 Å². The first-order chi connectivity index (χ1) is 5.66. The van der Waals surface area contributed by atoms with Gasteiger partial charge >= 0.3 is 6.09 Å². The summed E-state index contributed by atoms with van der Waals surface area (Å²) in [5.41, 5.74) is -0.0625. The number of alkyl carbamates (subject to hydrolysis) is 1. The van der Waals surface area contributed by atoms with Crippen LogP contribution in [0.25, 0.3) is 0 Å². The summed E-state index contributed by atoms with van der Waals surface area (Å²) >= 11 is 0. The summed E-state index contributed by atoms with van der Waals surface area (Å²) in [7, 11) is 3.07. The van der Waals surface area contributed by atoms with E-state index in [2.05, 4.69) is 24.1 Å². The third-order valence-electron chi connectivity index (χ3n) is 2.49. The second-order valence-corrected chi connectivity index (χ2v) is 3.68. The lowest BCUT2D eigenvalue weighted by Gasteiger charge is -2.33. The Morgan fingerprint density at radius 2 is 2.00 bits per heavy atom. The van der Waals surface area contributed by atoms with Gasteiger partial charge in [-0.2, -0.15) is 0 Å². The highest BCUT2D eigenvalue weighted by Crippen LogP contribution is 2.27. The van der Waals surface area contributed by atoms with Gasteiger partial charge in [0.25, 0.3) is 0 Å². The minimum absolute atomic E-state index is 0.0625. The molecule has 1 radical (unpaired) electrons. The number of hydrogen-bond acceptors (Lipinski definition) is 2. The molecule has 0 heterocycles. The fourth-order valence-electron chi connectivity index (χ4n) is 1.74. The van der Waals surface area contributed by atoms with Crippen molar-refractivity contribution < 1.29 is 9.53 Å². The zero-order chi connectivity index (χ0) is 9.03. The molecule has 0 atom stereocenters. The quantitative estimate of drug-likeness (QED) is 0.655. The summed E-state index contributed by atoms with van der Waals surface area (Å²) in [6.07, 6.45) is 5.32. The molecular formula is C9H16NO2. The number of carbonyl (C=O) groups excluding carboxylic acids is 1. The average Bonchev–Trinajstić information content (AvgIpc) is 2.05. The van der Waals surface area contributed by atoms with Gasteiger partial charge in [0.2, 0.25) is 0 Å². The molecule has 0 saturated heterocycles. The van der Waals surface area contributed by atoms with E-state index in [-0.39, 0.29) is 5.54 Å². The molecule has 0 bridgehead atoms. The molecule has 0 aromatic rings. The van der Waals surface area contributed by atoms with Crippen molar-refractivity contribution in [2.75, 3.05) is 0 Å². The Morgan fingerprint density at radius 1 is 1.42 bits per heavy atom. The first-order valence-corrected chi connectivity index (χ1v) is 4.40. The van der Waals surface area contributed by atoms with Crippen LogP contribution in [-0.4, -0.2) is 11.6 Å². The third-order valence-corrected chi connectivity index (χ3v) is 2.49. The average molecular weight is 170 g/mol. The Bertz CT molecular complexity index is 162. The summed E-state index contributed by atoms with van der Waals surface area (Å²) in [4.78, 5) is 10.9. The van der Waals surface area contributed by atoms with E-state index >= 15 is 0 Å². The molecule has 69 valence electrons. The largest absolute Gasteiger partial charge is 0.446 e. The Morgan fingerprint density at radius 3 is 2.50 bits per heavy atom. The Hall–Kier alpha value is -0.730. The van der Waals surface area contributed by atoms with Crippen LogP contribution in [0.2, 0.25) is 0 Å². The lowest BCUT2D eigenvalue weighted by molar-refractivity contribution is 0.159. The summed E-state index contributed by atoms with van der Waals surface area (Å²) in [5.74, 6) is 0. The molecule has 1 saturated carbocycles. The van der Waals surface area contributed by atoms with E-state index in [0.717, 1.165) is 12.8 Å². The van der Waals surface area contributed by atoms with Gasteiger partial charge in [-0.05, 0) is 19.8 Å². The minimum Gasteiger partial charge on any atom is -0.446 e. The molecule has 1 aliphatic rings. The number of nitrogens with one attached hydrogen (secondary N) is 1. The van der Waals surface area contributed by atoms with E-state index in [9.17, 15) is 4.79 Å². The Labute approximate surface area is 73.5 Å². The molecule has 1 N–H and O–H groups in total. The highest BCUT2D eigenvalue weighted by molar-refractivity contribution is 5.68. The van der Waals surface area contributed by atoms with E-state index in [1.165, 1.54) is 19.3 Å². The van der Waals surface area contributed by atoms with Crippen LogP contribution < -0.4 is 5.32 Å². The highest BCUT2D eigenvalue weighted by Gasteiger charge is 2.28. The molecule has 3 nitrogen and oxygen atoms in total. The van der Waals surface area contributed by atoms with Crippen LogP contribution in [0.5, 0.6) is 0 Å². The van der Waals surface area contributed by atoms with Crippen molar-refractivity contribution in [2.45, 2.75) is 44.6 Å². The smallest absolute Gasteiger partial charge is 0.407 e. The summed E-state index contributed by atoms with van der Waals surface area (Å²) in [6, 6.07) is 0. The van der Waals surface area contributed by atoms with Crippen LogP contribution in [0.3, 0.4) is 0 Å². The van der Waals surface area contributed by atoms with Crippen molar-refractivity contribution in [3.63, 3.8) is 0 Å². The maximum atomic E-state index is 10.9. The van der Waals surface area contributed by atoms with Crippen molar-refractivity contribution in [1.82, 2.24) is 5.32 Å². The second kappa shape index (κ2) is 3.78. The third kappa shape index (κ3) is 2.40. The topological polar surface area (TPSA) is 38.3 Å². The normalized spacial score (nSPS) is 21.5. The molecule has 1 rings (SSSR count). The van der Waals surface area contributed by atoms with E-state index in [4.69, 9.17) is 0 Å². The maximum Gasteiger partial charge on any atom is 0.407 e. The molecule has 0 aromatic carbocycles. The standard InChI is InChI=1S/C9H16NO2/c1-9(10-8(11)12-2)6-4-3-5-7-9/h2-7H2,1H3,(H,10,11). The van der Waals surface area contributed by atoms with Gasteiger partial charge in [0.1, 0.15) is 7.11 Å². The maximum absolute atomic E-state index is 10.9. The van der Waals surface area contributed by atoms with E-state index in [0.29, 0.717) is 0 Å². The van der Waals surface area contributed by atoms with Gasteiger partial charge in [-0.15, -0.1) is 0 Å². The molecule has 0 unspecified atom stereocenters. The SMILES string of the molecule is [CH2]OC(=O)NC1(C)CCCCC1. The zero-order valence-corrected chi connectivity index (χ0v) is 7.56. The van der Waals surface area contributed by atoms with E-state index in [1.54, 1.807) is 0 Å². The lowest BCUT2D eigenvalue weighted by atomic mass is 9.83. The molecule has 0 spiro atoms. The van der Waals surface area contributed by atoms with Crippen molar-refractivity contribution in [3.8, 4) is 0 Å². The van der Waals surface area contributed by atoms with Crippen molar-refractivity contribution in [1.29, 1.82) is 0 Å². The fraction of sp³-hybridized carbons (Fsp3) is 0.778. The second-order valence-electron chi connectivity index (χ2n) is 3.68. The molecule has 1 fully saturated rings. The van der Waals surface area contributed by atoms with Crippen LogP contribution in [0.15, 0.2) is 0 Å². The van der Waals surface area contributed by atoms with Crippen molar-refractivity contribution >= 4 is 6.09 Å². The summed E-state index contributed by atoms with van der Waals surface area (Å²) < 4.78 is 4.32. The summed E-state index contributed by atoms with van der Waals surface area (Å²) in [6.45, 7) is 2.06. The molecular weight excluding hydrogens is 154 g/mol. The zero-order valence-electron chi connectivity index (χ0n) is 7.56. The van der Waals surface area contributed by atoms with Gasteiger partial charge in [0, 0.05) is 5.54 Å². The number of hydrogen-bond donors (Lipinski definition) is 1. The van der Waals surface area contributed by atoms with Gasteiger partial charge < -0.3 is 10.1 Å². The van der Waals surface area contributed by atoms with Gasteiger partial charge in [0.05, 0.1) is 0 Å². The fourth-order valence-corrected chi connectivity index (χ4v) is 1.74. The lowest BCUT2D eigenvalue weighted by Crippen LogP contribution is -2.46. The number of amides is 1. The Balaban J connectivity index is 2.41. The predicted octanol–water partition coefficient (Wildman–Crippen LogP) is 2.23. The van der Waals surface area contributed by atoms with Crippen LogP contribution in [0, 0.1) is 7.11 Å². The molecule has 3 heteroatoms. The number of carbonyl (C=O) groups is 1. The van der Waals surface area contributed by atoms with Crippen LogP contribution >= 0.6 is 0 Å². The molecule has 0 aliphatic heterocycles. The molecule has 1 aliphatic carbocycles. The van der Waals surface area contributed by atoms with Crippen molar-refractivity contribution in [2.24, 2.45) is 0 Å². The van der Waals surface area contributed by atoms with E-state index < -0.39 is 6.09 Å². The molecule has 1 amide bonds. The van der Waals surface area contributed by atoms with Crippen LogP contribution in [0.4, 0.5) is 4.79 Å². The monoisotopic (exact) mass is 170 g/mol. The minimum atomic E-state index is -0.417. The predicted molar refractivity (Wildman–Crippen MR) is 46.5 cm³/mol. The van der Waals surface area contributed by atoms with E-state index in [1.807, 2.05) is 0 Å². The number of rotatable bonds is 1.